The van der Waals surface area contributed by atoms with Gasteiger partial charge < -0.3 is 5.32 Å². The van der Waals surface area contributed by atoms with Crippen LogP contribution in [0, 0.1) is 0 Å². The maximum atomic E-state index is 11.1. The average molecular weight is 338 g/mol. The van der Waals surface area contributed by atoms with Crippen LogP contribution < -0.4 is 10.6 Å². The van der Waals surface area contributed by atoms with E-state index in [0.29, 0.717) is 51.8 Å². The first-order valence-electron chi connectivity index (χ1n) is 7.55. The zero-order valence-electron chi connectivity index (χ0n) is 13.3. The summed E-state index contributed by atoms with van der Waals surface area (Å²) in [5.41, 5.74) is 0. The van der Waals surface area contributed by atoms with E-state index in [1.54, 1.807) is 0 Å². The molecule has 2 N–H and O–H groups in total. The van der Waals surface area contributed by atoms with Crippen molar-refractivity contribution in [2.75, 3.05) is 52.3 Å². The second kappa shape index (κ2) is 10.9. The van der Waals surface area contributed by atoms with E-state index in [0.717, 1.165) is 6.16 Å². The Kier molecular flexibility index (Phi) is 9.50. The maximum absolute atomic E-state index is 11.1. The normalized spacial score (nSPS) is 20.2. The van der Waals surface area contributed by atoms with Crippen LogP contribution in [-0.2, 0) is 28.1 Å². The standard InChI is InChI=1S/C13H27N2O6P/c1-3-22(12(2)21-22)20-9-8-19-7-6-18-5-4-15-13(17)10-14-11-16/h11-12,22H,3-10H2,1-2H3,(H,14,16)(H,15,17). The third kappa shape index (κ3) is 7.47. The Bertz CT molecular complexity index is 342. The quantitative estimate of drug-likeness (QED) is 0.198. The van der Waals surface area contributed by atoms with E-state index in [-0.39, 0.29) is 12.5 Å². The molecule has 1 heterocycles. The van der Waals surface area contributed by atoms with Crippen LogP contribution in [0.3, 0.4) is 0 Å². The summed E-state index contributed by atoms with van der Waals surface area (Å²) in [6.45, 7) is 6.99. The summed E-state index contributed by atoms with van der Waals surface area (Å²) >= 11 is 0. The Morgan fingerprint density at radius 1 is 1.23 bits per heavy atom. The molecule has 2 amide bonds. The van der Waals surface area contributed by atoms with Gasteiger partial charge in [0.15, 0.2) is 0 Å². The average Bonchev–Trinajstić information content (AvgIpc) is 3.17. The minimum atomic E-state index is -1.82. The summed E-state index contributed by atoms with van der Waals surface area (Å²) in [4.78, 5) is 21.1. The van der Waals surface area contributed by atoms with Crippen molar-refractivity contribution in [3.8, 4) is 0 Å². The second-order valence-electron chi connectivity index (χ2n) is 4.85. The Hall–Kier alpha value is -0.790. The number of hydrogen-bond acceptors (Lipinski definition) is 6. The Labute approximate surface area is 131 Å². The van der Waals surface area contributed by atoms with Crippen LogP contribution >= 0.6 is 7.72 Å². The molecule has 0 radical (unpaired) electrons. The SMILES string of the molecule is CC[PH]1(OCCOCCOCCNC(=O)CNC=O)OC1C. The van der Waals surface area contributed by atoms with Crippen molar-refractivity contribution >= 4 is 20.0 Å². The van der Waals surface area contributed by atoms with E-state index in [2.05, 4.69) is 24.5 Å². The van der Waals surface area contributed by atoms with Gasteiger partial charge in [0.2, 0.25) is 6.41 Å². The molecule has 0 spiro atoms. The van der Waals surface area contributed by atoms with Crippen molar-refractivity contribution < 1.29 is 28.1 Å². The molecule has 1 atom stereocenters. The van der Waals surface area contributed by atoms with Crippen LogP contribution in [0.5, 0.6) is 0 Å². The van der Waals surface area contributed by atoms with Crippen LogP contribution in [0.25, 0.3) is 0 Å². The zero-order chi connectivity index (χ0) is 16.3. The van der Waals surface area contributed by atoms with E-state index in [1.807, 2.05) is 0 Å². The molecule has 1 fully saturated rings. The van der Waals surface area contributed by atoms with Crippen LogP contribution in [-0.4, -0.2) is 70.4 Å². The van der Waals surface area contributed by atoms with Crippen molar-refractivity contribution in [3.05, 3.63) is 0 Å². The van der Waals surface area contributed by atoms with Gasteiger partial charge in [-0.15, -0.1) is 0 Å². The van der Waals surface area contributed by atoms with Gasteiger partial charge in [0, 0.05) is 0 Å². The van der Waals surface area contributed by atoms with Crippen molar-refractivity contribution in [2.45, 2.75) is 19.7 Å². The predicted octanol–water partition coefficient (Wildman–Crippen LogP) is -0.126. The van der Waals surface area contributed by atoms with Gasteiger partial charge in [-0.1, -0.05) is 0 Å². The summed E-state index contributed by atoms with van der Waals surface area (Å²) in [7, 11) is -1.82. The second-order valence-corrected chi connectivity index (χ2v) is 8.52. The van der Waals surface area contributed by atoms with Crippen LogP contribution in [0.4, 0.5) is 0 Å². The summed E-state index contributed by atoms with van der Waals surface area (Å²) in [6.07, 6.45) is 1.46. The van der Waals surface area contributed by atoms with Crippen molar-refractivity contribution in [1.29, 1.82) is 0 Å². The van der Waals surface area contributed by atoms with Gasteiger partial charge in [0.1, 0.15) is 0 Å². The molecule has 0 saturated carbocycles. The molecule has 1 unspecified atom stereocenters. The van der Waals surface area contributed by atoms with Crippen LogP contribution in [0.1, 0.15) is 13.8 Å². The molecule has 0 bridgehead atoms. The number of amides is 2. The third-order valence-corrected chi connectivity index (χ3v) is 6.85. The molecule has 1 aliphatic rings. The summed E-state index contributed by atoms with van der Waals surface area (Å²) < 4.78 is 22.0. The molecule has 22 heavy (non-hydrogen) atoms. The molecule has 1 aliphatic heterocycles. The number of ether oxygens (including phenoxy) is 2. The summed E-state index contributed by atoms with van der Waals surface area (Å²) in [5.74, 6) is 0.0624. The van der Waals surface area contributed by atoms with Gasteiger partial charge in [-0.3, -0.25) is 4.79 Å². The molecule has 0 aromatic carbocycles. The minimum absolute atomic E-state index is 0.0164. The Morgan fingerprint density at radius 2 is 1.86 bits per heavy atom. The first-order valence-corrected chi connectivity index (χ1v) is 9.65. The number of hydrogen-bond donors (Lipinski definition) is 2. The van der Waals surface area contributed by atoms with E-state index in [1.165, 1.54) is 0 Å². The van der Waals surface area contributed by atoms with E-state index in [9.17, 15) is 9.59 Å². The fourth-order valence-electron chi connectivity index (χ4n) is 1.94. The van der Waals surface area contributed by atoms with Crippen molar-refractivity contribution in [2.24, 2.45) is 0 Å². The summed E-state index contributed by atoms with van der Waals surface area (Å²) in [6, 6.07) is 0. The third-order valence-electron chi connectivity index (χ3n) is 3.29. The van der Waals surface area contributed by atoms with E-state index in [4.69, 9.17) is 18.5 Å². The predicted molar refractivity (Wildman–Crippen MR) is 84.1 cm³/mol. The fraction of sp³-hybridized carbons (Fsp3) is 0.846. The first-order chi connectivity index (χ1) is 10.6. The van der Waals surface area contributed by atoms with Gasteiger partial charge >= 0.3 is 114 Å². The number of carbonyl (C=O) groups excluding carboxylic acids is 2. The molecular weight excluding hydrogens is 311 g/mol. The molecule has 1 saturated heterocycles. The van der Waals surface area contributed by atoms with Gasteiger partial charge in [-0.05, 0) is 0 Å². The van der Waals surface area contributed by atoms with Gasteiger partial charge in [-0.2, -0.15) is 0 Å². The van der Waals surface area contributed by atoms with Gasteiger partial charge in [0.25, 0.3) is 0 Å². The number of carbonyl (C=O) groups is 2. The van der Waals surface area contributed by atoms with Crippen LogP contribution in [0.2, 0.25) is 0 Å². The molecular formula is C13H27N2O6P. The molecule has 0 aromatic rings. The van der Waals surface area contributed by atoms with Crippen molar-refractivity contribution in [1.82, 2.24) is 10.6 Å². The topological polar surface area (TPSA) is 98.4 Å². The first kappa shape index (κ1) is 19.3. The molecule has 0 aliphatic carbocycles. The monoisotopic (exact) mass is 338 g/mol. The Morgan fingerprint density at radius 3 is 2.45 bits per heavy atom. The molecule has 9 heteroatoms. The van der Waals surface area contributed by atoms with Gasteiger partial charge in [-0.25, -0.2) is 0 Å². The zero-order valence-corrected chi connectivity index (χ0v) is 14.3. The molecule has 0 aromatic heterocycles. The van der Waals surface area contributed by atoms with E-state index >= 15 is 0 Å². The molecule has 8 nitrogen and oxygen atoms in total. The number of rotatable bonds is 14. The number of nitrogens with one attached hydrogen (secondary N) is 2. The summed E-state index contributed by atoms with van der Waals surface area (Å²) in [5, 5.41) is 4.89. The molecule has 1 rings (SSSR count). The van der Waals surface area contributed by atoms with Crippen molar-refractivity contribution in [3.63, 3.8) is 0 Å². The van der Waals surface area contributed by atoms with Crippen LogP contribution in [0.15, 0.2) is 0 Å². The van der Waals surface area contributed by atoms with Gasteiger partial charge in [0.05, 0.1) is 0 Å². The van der Waals surface area contributed by atoms with E-state index < -0.39 is 7.72 Å². The fourth-order valence-corrected chi connectivity index (χ4v) is 4.55. The Balaban J connectivity index is 1.80. The molecule has 130 valence electrons.